The van der Waals surface area contributed by atoms with Crippen molar-refractivity contribution in [2.75, 3.05) is 13.2 Å². The summed E-state index contributed by atoms with van der Waals surface area (Å²) < 4.78 is 5.61. The van der Waals surface area contributed by atoms with Crippen LogP contribution in [-0.2, 0) is 4.79 Å². The molecule has 0 fully saturated rings. The van der Waals surface area contributed by atoms with Crippen molar-refractivity contribution >= 4 is 5.91 Å². The molecule has 0 spiro atoms. The maximum atomic E-state index is 10.6. The Hall–Kier alpha value is -1.55. The van der Waals surface area contributed by atoms with Gasteiger partial charge in [0.05, 0.1) is 6.61 Å². The van der Waals surface area contributed by atoms with E-state index in [9.17, 15) is 4.79 Å². The molecular weight excluding hydrogens is 228 g/mol. The van der Waals surface area contributed by atoms with Crippen LogP contribution in [0.25, 0.3) is 0 Å². The van der Waals surface area contributed by atoms with Crippen LogP contribution in [0.2, 0.25) is 0 Å². The highest BCUT2D eigenvalue weighted by Gasteiger charge is 2.19. The molecule has 0 aromatic heterocycles. The second-order valence-electron chi connectivity index (χ2n) is 4.61. The summed E-state index contributed by atoms with van der Waals surface area (Å²) in [5, 5.41) is 3.52. The molecule has 98 valence electrons. The molecule has 4 heteroatoms. The minimum Gasteiger partial charge on any atom is -0.493 e. The van der Waals surface area contributed by atoms with E-state index in [2.05, 4.69) is 11.4 Å². The Morgan fingerprint density at radius 1 is 1.39 bits per heavy atom. The smallest absolute Gasteiger partial charge is 0.217 e. The third-order valence-corrected chi connectivity index (χ3v) is 3.20. The largest absolute Gasteiger partial charge is 0.493 e. The lowest BCUT2D eigenvalue weighted by molar-refractivity contribution is -0.118. The van der Waals surface area contributed by atoms with E-state index in [-0.39, 0.29) is 5.91 Å². The van der Waals surface area contributed by atoms with Crippen molar-refractivity contribution in [2.24, 2.45) is 5.73 Å². The molecule has 18 heavy (non-hydrogen) atoms. The first-order chi connectivity index (χ1) is 8.77. The average molecular weight is 248 g/mol. The predicted octanol–water partition coefficient (Wildman–Crippen LogP) is 1.76. The molecule has 1 amide bonds. The van der Waals surface area contributed by atoms with E-state index >= 15 is 0 Å². The van der Waals surface area contributed by atoms with E-state index in [1.807, 2.05) is 18.2 Å². The maximum Gasteiger partial charge on any atom is 0.217 e. The summed E-state index contributed by atoms with van der Waals surface area (Å²) in [5.41, 5.74) is 6.34. The number of unbranched alkanes of at least 4 members (excludes halogenated alkanes) is 1. The summed E-state index contributed by atoms with van der Waals surface area (Å²) in [6.45, 7) is 1.67. The average Bonchev–Trinajstić information content (AvgIpc) is 2.38. The zero-order chi connectivity index (χ0) is 12.8. The van der Waals surface area contributed by atoms with Crippen molar-refractivity contribution in [2.45, 2.75) is 31.7 Å². The number of carbonyl (C=O) groups excluding carboxylic acids is 1. The van der Waals surface area contributed by atoms with E-state index in [1.54, 1.807) is 0 Å². The summed E-state index contributed by atoms with van der Waals surface area (Å²) >= 11 is 0. The fourth-order valence-electron chi connectivity index (χ4n) is 2.25. The van der Waals surface area contributed by atoms with Crippen LogP contribution >= 0.6 is 0 Å². The van der Waals surface area contributed by atoms with Crippen molar-refractivity contribution < 1.29 is 9.53 Å². The molecule has 0 aliphatic carbocycles. The van der Waals surface area contributed by atoms with Gasteiger partial charge < -0.3 is 15.8 Å². The first-order valence-corrected chi connectivity index (χ1v) is 6.51. The van der Waals surface area contributed by atoms with Gasteiger partial charge in [0.2, 0.25) is 5.91 Å². The van der Waals surface area contributed by atoms with Gasteiger partial charge in [-0.3, -0.25) is 4.79 Å². The number of primary amides is 1. The zero-order valence-electron chi connectivity index (χ0n) is 10.5. The number of para-hydroxylation sites is 1. The van der Waals surface area contributed by atoms with E-state index < -0.39 is 0 Å². The van der Waals surface area contributed by atoms with Crippen molar-refractivity contribution in [3.05, 3.63) is 29.8 Å². The first-order valence-electron chi connectivity index (χ1n) is 6.51. The molecule has 1 aliphatic rings. The fraction of sp³-hybridized carbons (Fsp3) is 0.500. The Morgan fingerprint density at radius 3 is 3.06 bits per heavy atom. The molecule has 0 radical (unpaired) electrons. The molecule has 3 N–H and O–H groups in total. The molecule has 4 nitrogen and oxygen atoms in total. The molecule has 0 bridgehead atoms. The highest BCUT2D eigenvalue weighted by molar-refractivity contribution is 5.73. The molecule has 1 aliphatic heterocycles. The molecule has 1 atom stereocenters. The molecule has 1 heterocycles. The molecule has 2 rings (SSSR count). The fourth-order valence-corrected chi connectivity index (χ4v) is 2.25. The van der Waals surface area contributed by atoms with Crippen LogP contribution in [-0.4, -0.2) is 19.1 Å². The summed E-state index contributed by atoms with van der Waals surface area (Å²) in [5.74, 6) is 0.768. The Balaban J connectivity index is 1.79. The number of carbonyl (C=O) groups is 1. The topological polar surface area (TPSA) is 64.4 Å². The van der Waals surface area contributed by atoms with E-state index in [0.717, 1.165) is 38.2 Å². The number of nitrogens with two attached hydrogens (primary N) is 1. The van der Waals surface area contributed by atoms with E-state index in [1.165, 1.54) is 5.56 Å². The highest BCUT2D eigenvalue weighted by Crippen LogP contribution is 2.31. The van der Waals surface area contributed by atoms with Gasteiger partial charge in [-0.15, -0.1) is 0 Å². The van der Waals surface area contributed by atoms with Gasteiger partial charge in [-0.05, 0) is 25.5 Å². The van der Waals surface area contributed by atoms with E-state index in [4.69, 9.17) is 10.5 Å². The summed E-state index contributed by atoms with van der Waals surface area (Å²) in [7, 11) is 0. The SMILES string of the molecule is NC(=O)CCCCNC1CCOc2ccccc21. The maximum absolute atomic E-state index is 10.6. The molecule has 1 unspecified atom stereocenters. The quantitative estimate of drug-likeness (QED) is 0.754. The summed E-state index contributed by atoms with van der Waals surface area (Å²) in [4.78, 5) is 10.6. The summed E-state index contributed by atoms with van der Waals surface area (Å²) in [6, 6.07) is 8.51. The number of nitrogens with one attached hydrogen (secondary N) is 1. The molecule has 1 aromatic carbocycles. The van der Waals surface area contributed by atoms with Crippen LogP contribution in [0.4, 0.5) is 0 Å². The van der Waals surface area contributed by atoms with Gasteiger partial charge in [0.1, 0.15) is 5.75 Å². The molecular formula is C14H20N2O2. The van der Waals surface area contributed by atoms with Crippen LogP contribution < -0.4 is 15.8 Å². The van der Waals surface area contributed by atoms with Crippen LogP contribution in [0.15, 0.2) is 24.3 Å². The van der Waals surface area contributed by atoms with Gasteiger partial charge >= 0.3 is 0 Å². The van der Waals surface area contributed by atoms with Gasteiger partial charge in [0, 0.05) is 24.4 Å². The monoisotopic (exact) mass is 248 g/mol. The summed E-state index contributed by atoms with van der Waals surface area (Å²) in [6.07, 6.45) is 3.30. The van der Waals surface area contributed by atoms with Gasteiger partial charge in [0.25, 0.3) is 0 Å². The van der Waals surface area contributed by atoms with Gasteiger partial charge in [-0.25, -0.2) is 0 Å². The third kappa shape index (κ3) is 3.47. The Kier molecular flexibility index (Phi) is 4.59. The Labute approximate surface area is 108 Å². The van der Waals surface area contributed by atoms with Crippen molar-refractivity contribution in [1.82, 2.24) is 5.32 Å². The number of rotatable bonds is 6. The van der Waals surface area contributed by atoms with Crippen LogP contribution in [0.5, 0.6) is 5.75 Å². The molecule has 0 saturated heterocycles. The second kappa shape index (κ2) is 6.40. The van der Waals surface area contributed by atoms with Crippen molar-refractivity contribution in [1.29, 1.82) is 0 Å². The molecule has 0 saturated carbocycles. The standard InChI is InChI=1S/C14H20N2O2/c15-14(17)7-3-4-9-16-12-8-10-18-13-6-2-1-5-11(12)13/h1-2,5-6,12,16H,3-4,7-10H2,(H2,15,17). The van der Waals surface area contributed by atoms with E-state index in [0.29, 0.717) is 12.5 Å². The van der Waals surface area contributed by atoms with Gasteiger partial charge in [0.15, 0.2) is 0 Å². The minimum atomic E-state index is -0.216. The normalized spacial score (nSPS) is 17.9. The lowest BCUT2D eigenvalue weighted by atomic mass is 10.0. The van der Waals surface area contributed by atoms with Crippen LogP contribution in [0.1, 0.15) is 37.3 Å². The number of ether oxygens (including phenoxy) is 1. The number of hydrogen-bond acceptors (Lipinski definition) is 3. The zero-order valence-corrected chi connectivity index (χ0v) is 10.5. The number of amides is 1. The predicted molar refractivity (Wildman–Crippen MR) is 70.3 cm³/mol. The second-order valence-corrected chi connectivity index (χ2v) is 4.61. The minimum absolute atomic E-state index is 0.216. The Morgan fingerprint density at radius 2 is 2.22 bits per heavy atom. The van der Waals surface area contributed by atoms with Crippen molar-refractivity contribution in [3.8, 4) is 5.75 Å². The number of fused-ring (bicyclic) bond motifs is 1. The Bertz CT molecular complexity index is 407. The number of benzene rings is 1. The van der Waals surface area contributed by atoms with Crippen molar-refractivity contribution in [3.63, 3.8) is 0 Å². The first kappa shape index (κ1) is 12.9. The van der Waals surface area contributed by atoms with Crippen LogP contribution in [0, 0.1) is 0 Å². The van der Waals surface area contributed by atoms with Gasteiger partial charge in [-0.1, -0.05) is 18.2 Å². The van der Waals surface area contributed by atoms with Gasteiger partial charge in [-0.2, -0.15) is 0 Å². The highest BCUT2D eigenvalue weighted by atomic mass is 16.5. The lowest BCUT2D eigenvalue weighted by Gasteiger charge is -2.26. The van der Waals surface area contributed by atoms with Crippen LogP contribution in [0.3, 0.4) is 0 Å². The molecule has 1 aromatic rings. The lowest BCUT2D eigenvalue weighted by Crippen LogP contribution is -2.28. The third-order valence-electron chi connectivity index (χ3n) is 3.20. The number of hydrogen-bond donors (Lipinski definition) is 2.